The first kappa shape index (κ1) is 16.2. The zero-order valence-corrected chi connectivity index (χ0v) is 13.1. The summed E-state index contributed by atoms with van der Waals surface area (Å²) < 4.78 is 0. The summed E-state index contributed by atoms with van der Waals surface area (Å²) in [5.41, 5.74) is 1.25. The molecule has 22 heavy (non-hydrogen) atoms. The first-order valence-electron chi connectivity index (χ1n) is 7.67. The molecular formula is C17H23N3O2. The van der Waals surface area contributed by atoms with Gasteiger partial charge in [-0.3, -0.25) is 14.5 Å². The first-order valence-corrected chi connectivity index (χ1v) is 7.67. The van der Waals surface area contributed by atoms with Crippen molar-refractivity contribution in [1.82, 2.24) is 4.90 Å². The quantitative estimate of drug-likeness (QED) is 0.794. The molecule has 1 unspecified atom stereocenters. The molecule has 0 fully saturated rings. The van der Waals surface area contributed by atoms with Crippen LogP contribution in [0.3, 0.4) is 0 Å². The van der Waals surface area contributed by atoms with Crippen molar-refractivity contribution in [3.8, 4) is 0 Å². The van der Waals surface area contributed by atoms with Gasteiger partial charge in [0, 0.05) is 19.5 Å². The minimum Gasteiger partial charge on any atom is -0.325 e. The van der Waals surface area contributed by atoms with Gasteiger partial charge in [-0.05, 0) is 18.6 Å². The minimum atomic E-state index is -0.159. The molecule has 1 heterocycles. The number of benzene rings is 1. The molecule has 0 saturated heterocycles. The molecule has 1 aromatic rings. The molecule has 1 aromatic carbocycles. The molecule has 5 heteroatoms. The summed E-state index contributed by atoms with van der Waals surface area (Å²) in [5, 5.41) is 5.60. The highest BCUT2D eigenvalue weighted by Crippen LogP contribution is 2.21. The number of hydrogen-bond acceptors (Lipinski definition) is 3. The van der Waals surface area contributed by atoms with Crippen LogP contribution in [-0.2, 0) is 9.59 Å². The Morgan fingerprint density at radius 2 is 1.91 bits per heavy atom. The van der Waals surface area contributed by atoms with Gasteiger partial charge in [-0.2, -0.15) is 0 Å². The van der Waals surface area contributed by atoms with E-state index in [4.69, 9.17) is 0 Å². The predicted molar refractivity (Wildman–Crippen MR) is 88.8 cm³/mol. The van der Waals surface area contributed by atoms with E-state index in [1.165, 1.54) is 6.92 Å². The monoisotopic (exact) mass is 301 g/mol. The van der Waals surface area contributed by atoms with Crippen LogP contribution in [0.15, 0.2) is 36.4 Å². The van der Waals surface area contributed by atoms with Crippen molar-refractivity contribution in [3.63, 3.8) is 0 Å². The second kappa shape index (κ2) is 7.75. The van der Waals surface area contributed by atoms with Gasteiger partial charge >= 0.3 is 0 Å². The molecule has 2 rings (SSSR count). The van der Waals surface area contributed by atoms with Crippen LogP contribution in [0.1, 0.15) is 26.7 Å². The average molecular weight is 301 g/mol. The van der Waals surface area contributed by atoms with Crippen LogP contribution in [0.25, 0.3) is 0 Å². The van der Waals surface area contributed by atoms with Gasteiger partial charge in [0.05, 0.1) is 17.9 Å². The fraction of sp³-hybridized carbons (Fsp3) is 0.412. The molecule has 1 aliphatic rings. The largest absolute Gasteiger partial charge is 0.325 e. The third-order valence-electron chi connectivity index (χ3n) is 3.61. The van der Waals surface area contributed by atoms with Crippen molar-refractivity contribution in [2.75, 3.05) is 23.7 Å². The lowest BCUT2D eigenvalue weighted by Crippen LogP contribution is -2.37. The second-order valence-corrected chi connectivity index (χ2v) is 5.49. The number of nitrogens with one attached hydrogen (secondary N) is 2. The summed E-state index contributed by atoms with van der Waals surface area (Å²) in [5.74, 6) is -0.226. The van der Waals surface area contributed by atoms with Gasteiger partial charge in [0.2, 0.25) is 11.8 Å². The Balaban J connectivity index is 1.96. The van der Waals surface area contributed by atoms with Crippen LogP contribution in [0.4, 0.5) is 11.4 Å². The number of carbonyl (C=O) groups is 2. The molecule has 2 amide bonds. The van der Waals surface area contributed by atoms with Crippen LogP contribution in [0, 0.1) is 0 Å². The lowest BCUT2D eigenvalue weighted by molar-refractivity contribution is -0.117. The summed E-state index contributed by atoms with van der Waals surface area (Å²) in [6, 6.07) is 7.56. The third kappa shape index (κ3) is 4.43. The summed E-state index contributed by atoms with van der Waals surface area (Å²) >= 11 is 0. The van der Waals surface area contributed by atoms with Gasteiger partial charge in [-0.25, -0.2) is 0 Å². The maximum absolute atomic E-state index is 12.3. The van der Waals surface area contributed by atoms with E-state index >= 15 is 0 Å². The van der Waals surface area contributed by atoms with Crippen molar-refractivity contribution in [1.29, 1.82) is 0 Å². The Bertz CT molecular complexity index is 569. The van der Waals surface area contributed by atoms with E-state index in [0.717, 1.165) is 19.4 Å². The smallest absolute Gasteiger partial charge is 0.238 e. The van der Waals surface area contributed by atoms with E-state index in [1.807, 2.05) is 12.1 Å². The molecule has 0 spiro atoms. The number of hydrogen-bond donors (Lipinski definition) is 2. The summed E-state index contributed by atoms with van der Waals surface area (Å²) in [4.78, 5) is 25.6. The number of nitrogens with zero attached hydrogens (tertiary/aromatic N) is 1. The fourth-order valence-corrected chi connectivity index (χ4v) is 2.63. The first-order chi connectivity index (χ1) is 10.6. The maximum Gasteiger partial charge on any atom is 0.238 e. The standard InChI is InChI=1S/C17H23N3O2/c1-3-7-14-8-6-11-20(14)12-17(22)19-16-10-5-4-9-15(16)18-13(2)21/h4-6,8-10,14H,3,7,11-12H2,1-2H3,(H,18,21)(H,19,22). The van der Waals surface area contributed by atoms with Gasteiger partial charge < -0.3 is 10.6 Å². The molecule has 2 N–H and O–H groups in total. The number of amides is 2. The van der Waals surface area contributed by atoms with E-state index in [1.54, 1.807) is 12.1 Å². The second-order valence-electron chi connectivity index (χ2n) is 5.49. The molecule has 0 aliphatic carbocycles. The van der Waals surface area contributed by atoms with Gasteiger partial charge in [0.15, 0.2) is 0 Å². The van der Waals surface area contributed by atoms with E-state index < -0.39 is 0 Å². The lowest BCUT2D eigenvalue weighted by atomic mass is 10.1. The van der Waals surface area contributed by atoms with Crippen molar-refractivity contribution in [2.24, 2.45) is 0 Å². The zero-order chi connectivity index (χ0) is 15.9. The normalized spacial score (nSPS) is 17.5. The highest BCUT2D eigenvalue weighted by atomic mass is 16.2. The van der Waals surface area contributed by atoms with Crippen LogP contribution < -0.4 is 10.6 Å². The molecule has 0 bridgehead atoms. The van der Waals surface area contributed by atoms with Crippen molar-refractivity contribution >= 4 is 23.2 Å². The highest BCUT2D eigenvalue weighted by Gasteiger charge is 2.21. The third-order valence-corrected chi connectivity index (χ3v) is 3.61. The van der Waals surface area contributed by atoms with E-state index in [2.05, 4.69) is 34.6 Å². The summed E-state index contributed by atoms with van der Waals surface area (Å²) in [7, 11) is 0. The van der Waals surface area contributed by atoms with E-state index in [-0.39, 0.29) is 11.8 Å². The van der Waals surface area contributed by atoms with Gasteiger partial charge in [0.1, 0.15) is 0 Å². The van der Waals surface area contributed by atoms with Crippen LogP contribution in [0.2, 0.25) is 0 Å². The summed E-state index contributed by atoms with van der Waals surface area (Å²) in [6.07, 6.45) is 6.44. The Hall–Kier alpha value is -2.14. The molecular weight excluding hydrogens is 278 g/mol. The molecule has 0 radical (unpaired) electrons. The van der Waals surface area contributed by atoms with Crippen LogP contribution in [0.5, 0.6) is 0 Å². The van der Waals surface area contributed by atoms with Crippen molar-refractivity contribution in [2.45, 2.75) is 32.7 Å². The van der Waals surface area contributed by atoms with Crippen molar-refractivity contribution < 1.29 is 9.59 Å². The number of carbonyl (C=O) groups excluding carboxylic acids is 2. The molecule has 5 nitrogen and oxygen atoms in total. The Kier molecular flexibility index (Phi) is 5.72. The molecule has 0 aromatic heterocycles. The minimum absolute atomic E-state index is 0.0670. The highest BCUT2D eigenvalue weighted by molar-refractivity contribution is 5.99. The topological polar surface area (TPSA) is 61.4 Å². The van der Waals surface area contributed by atoms with Gasteiger partial charge in [0.25, 0.3) is 0 Å². The van der Waals surface area contributed by atoms with Crippen LogP contribution in [-0.4, -0.2) is 35.8 Å². The molecule has 0 saturated carbocycles. The van der Waals surface area contributed by atoms with Crippen LogP contribution >= 0.6 is 0 Å². The van der Waals surface area contributed by atoms with Gasteiger partial charge in [-0.1, -0.05) is 37.6 Å². The predicted octanol–water partition coefficient (Wildman–Crippen LogP) is 2.62. The molecule has 1 atom stereocenters. The Labute approximate surface area is 131 Å². The number of rotatable bonds is 6. The zero-order valence-electron chi connectivity index (χ0n) is 13.1. The van der Waals surface area contributed by atoms with Gasteiger partial charge in [-0.15, -0.1) is 0 Å². The summed E-state index contributed by atoms with van der Waals surface area (Å²) in [6.45, 7) is 4.76. The Morgan fingerprint density at radius 1 is 1.23 bits per heavy atom. The Morgan fingerprint density at radius 3 is 2.55 bits per heavy atom. The van der Waals surface area contributed by atoms with E-state index in [9.17, 15) is 9.59 Å². The molecule has 1 aliphatic heterocycles. The lowest BCUT2D eigenvalue weighted by Gasteiger charge is -2.23. The maximum atomic E-state index is 12.3. The number of anilines is 2. The van der Waals surface area contributed by atoms with E-state index in [0.29, 0.717) is 24.0 Å². The number of para-hydroxylation sites is 2. The average Bonchev–Trinajstić information content (AvgIpc) is 2.88. The SMILES string of the molecule is CCCC1C=CCN1CC(=O)Nc1ccccc1NC(C)=O. The fourth-order valence-electron chi connectivity index (χ4n) is 2.63. The van der Waals surface area contributed by atoms with Crippen molar-refractivity contribution in [3.05, 3.63) is 36.4 Å². The molecule has 118 valence electrons.